The van der Waals surface area contributed by atoms with Gasteiger partial charge >= 0.3 is 0 Å². The predicted molar refractivity (Wildman–Crippen MR) is 111 cm³/mol. The summed E-state index contributed by atoms with van der Waals surface area (Å²) in [4.78, 5) is 18.5. The summed E-state index contributed by atoms with van der Waals surface area (Å²) >= 11 is 0. The summed E-state index contributed by atoms with van der Waals surface area (Å²) in [6.07, 6.45) is 2.20. The SMILES string of the molecule is COCCn1nnnc1[C@@H](c1cc2cc(C)ccc2[nH]c1=O)N1CCC(C)CC1. The first-order valence-electron chi connectivity index (χ1n) is 10.2. The average Bonchev–Trinajstić information content (AvgIpc) is 3.17. The molecule has 0 bridgehead atoms. The van der Waals surface area contributed by atoms with Crippen LogP contribution in [0.3, 0.4) is 0 Å². The molecule has 2 aromatic heterocycles. The van der Waals surface area contributed by atoms with Crippen LogP contribution < -0.4 is 5.56 Å². The topological polar surface area (TPSA) is 88.9 Å². The summed E-state index contributed by atoms with van der Waals surface area (Å²) in [7, 11) is 1.66. The van der Waals surface area contributed by atoms with E-state index >= 15 is 0 Å². The van der Waals surface area contributed by atoms with E-state index in [2.05, 4.69) is 45.3 Å². The van der Waals surface area contributed by atoms with Gasteiger partial charge in [-0.15, -0.1) is 5.10 Å². The molecule has 4 rings (SSSR count). The highest BCUT2D eigenvalue weighted by Gasteiger charge is 2.32. The number of H-pyrrole nitrogens is 1. The standard InChI is InChI=1S/C21H28N6O2/c1-14-6-8-26(9-7-14)19(20-23-24-25-27(20)10-11-29-3)17-13-16-12-15(2)4-5-18(16)22-21(17)28/h4-5,12-14,19H,6-11H2,1-3H3,(H,22,28)/t19-/m1/s1. The molecule has 1 aliphatic heterocycles. The molecule has 29 heavy (non-hydrogen) atoms. The summed E-state index contributed by atoms with van der Waals surface area (Å²) in [5.41, 5.74) is 2.59. The fraction of sp³-hybridized carbons (Fsp3) is 0.524. The van der Waals surface area contributed by atoms with Crippen molar-refractivity contribution in [3.63, 3.8) is 0 Å². The molecule has 1 fully saturated rings. The van der Waals surface area contributed by atoms with Gasteiger partial charge in [-0.25, -0.2) is 4.68 Å². The van der Waals surface area contributed by atoms with Gasteiger partial charge in [-0.3, -0.25) is 9.69 Å². The molecule has 1 N–H and O–H groups in total. The Kier molecular flexibility index (Phi) is 5.73. The van der Waals surface area contributed by atoms with E-state index in [-0.39, 0.29) is 11.6 Å². The lowest BCUT2D eigenvalue weighted by atomic mass is 9.95. The summed E-state index contributed by atoms with van der Waals surface area (Å²) in [5, 5.41) is 13.4. The molecule has 0 saturated carbocycles. The van der Waals surface area contributed by atoms with E-state index in [1.165, 1.54) is 0 Å². The third-order valence-corrected chi connectivity index (χ3v) is 5.82. The van der Waals surface area contributed by atoms with E-state index in [9.17, 15) is 4.79 Å². The zero-order chi connectivity index (χ0) is 20.4. The molecule has 3 aromatic rings. The fourth-order valence-electron chi connectivity index (χ4n) is 4.08. The van der Waals surface area contributed by atoms with E-state index in [0.717, 1.165) is 42.4 Å². The van der Waals surface area contributed by atoms with E-state index in [4.69, 9.17) is 4.74 Å². The lowest BCUT2D eigenvalue weighted by Gasteiger charge is -2.35. The maximum atomic E-state index is 13.1. The molecule has 1 aromatic carbocycles. The quantitative estimate of drug-likeness (QED) is 0.688. The first-order chi connectivity index (χ1) is 14.1. The summed E-state index contributed by atoms with van der Waals surface area (Å²) < 4.78 is 6.97. The lowest BCUT2D eigenvalue weighted by Crippen LogP contribution is -2.40. The molecule has 0 radical (unpaired) electrons. The Morgan fingerprint density at radius 2 is 2.07 bits per heavy atom. The van der Waals surface area contributed by atoms with Gasteiger partial charge in [-0.2, -0.15) is 0 Å². The maximum absolute atomic E-state index is 13.1. The second kappa shape index (κ2) is 8.42. The van der Waals surface area contributed by atoms with Crippen molar-refractivity contribution in [1.82, 2.24) is 30.1 Å². The number of fused-ring (bicyclic) bond motifs is 1. The van der Waals surface area contributed by atoms with Gasteiger partial charge in [0.05, 0.1) is 13.2 Å². The molecule has 0 spiro atoms. The number of likely N-dealkylation sites (tertiary alicyclic amines) is 1. The van der Waals surface area contributed by atoms with E-state index in [0.29, 0.717) is 30.5 Å². The van der Waals surface area contributed by atoms with Crippen LogP contribution in [0.15, 0.2) is 29.1 Å². The number of aryl methyl sites for hydroxylation is 1. The number of tetrazole rings is 1. The Labute approximate surface area is 169 Å². The Morgan fingerprint density at radius 1 is 1.28 bits per heavy atom. The number of methoxy groups -OCH3 is 1. The predicted octanol–water partition coefficient (Wildman–Crippen LogP) is 2.29. The van der Waals surface area contributed by atoms with Gasteiger partial charge in [0.2, 0.25) is 0 Å². The largest absolute Gasteiger partial charge is 0.383 e. The normalized spacial score (nSPS) is 17.1. The molecule has 1 saturated heterocycles. The highest BCUT2D eigenvalue weighted by Crippen LogP contribution is 2.30. The van der Waals surface area contributed by atoms with Crippen LogP contribution in [-0.2, 0) is 11.3 Å². The van der Waals surface area contributed by atoms with Crippen molar-refractivity contribution in [2.24, 2.45) is 5.92 Å². The van der Waals surface area contributed by atoms with Gasteiger partial charge in [0, 0.05) is 18.2 Å². The number of pyridine rings is 1. The minimum Gasteiger partial charge on any atom is -0.383 e. The molecule has 1 aliphatic rings. The Bertz CT molecular complexity index is 1040. The number of ether oxygens (including phenoxy) is 1. The molecular formula is C21H28N6O2. The molecule has 8 heteroatoms. The molecular weight excluding hydrogens is 368 g/mol. The first-order valence-corrected chi connectivity index (χ1v) is 10.2. The summed E-state index contributed by atoms with van der Waals surface area (Å²) in [6, 6.07) is 7.77. The van der Waals surface area contributed by atoms with E-state index in [1.54, 1.807) is 11.8 Å². The summed E-state index contributed by atoms with van der Waals surface area (Å²) in [6.45, 7) is 7.21. The van der Waals surface area contributed by atoms with Gasteiger partial charge < -0.3 is 9.72 Å². The second-order valence-electron chi connectivity index (χ2n) is 8.02. The zero-order valence-electron chi connectivity index (χ0n) is 17.3. The molecule has 0 amide bonds. The third-order valence-electron chi connectivity index (χ3n) is 5.82. The Hall–Kier alpha value is -2.58. The highest BCUT2D eigenvalue weighted by molar-refractivity contribution is 5.79. The average molecular weight is 396 g/mol. The van der Waals surface area contributed by atoms with Crippen LogP contribution in [0.25, 0.3) is 10.9 Å². The lowest BCUT2D eigenvalue weighted by molar-refractivity contribution is 0.144. The number of nitrogens with one attached hydrogen (secondary N) is 1. The fourth-order valence-corrected chi connectivity index (χ4v) is 4.08. The van der Waals surface area contributed by atoms with Gasteiger partial charge in [0.15, 0.2) is 5.82 Å². The minimum atomic E-state index is -0.289. The molecule has 1 atom stereocenters. The first kappa shape index (κ1) is 19.7. The molecule has 0 aliphatic carbocycles. The van der Waals surface area contributed by atoms with Crippen LogP contribution in [0.1, 0.15) is 42.8 Å². The van der Waals surface area contributed by atoms with Gasteiger partial charge in [-0.1, -0.05) is 18.6 Å². The van der Waals surface area contributed by atoms with E-state index < -0.39 is 0 Å². The number of nitrogens with zero attached hydrogens (tertiary/aromatic N) is 5. The Morgan fingerprint density at radius 3 is 2.83 bits per heavy atom. The van der Waals surface area contributed by atoms with Crippen LogP contribution in [0.2, 0.25) is 0 Å². The highest BCUT2D eigenvalue weighted by atomic mass is 16.5. The number of hydrogen-bond donors (Lipinski definition) is 1. The van der Waals surface area contributed by atoms with Crippen LogP contribution in [0.5, 0.6) is 0 Å². The van der Waals surface area contributed by atoms with E-state index in [1.807, 2.05) is 18.2 Å². The third kappa shape index (κ3) is 4.09. The van der Waals surface area contributed by atoms with Gasteiger partial charge in [-0.05, 0) is 72.8 Å². The number of piperidine rings is 1. The number of benzene rings is 1. The maximum Gasteiger partial charge on any atom is 0.253 e. The summed E-state index contributed by atoms with van der Waals surface area (Å²) in [5.74, 6) is 1.38. The van der Waals surface area contributed by atoms with Crippen LogP contribution in [0.4, 0.5) is 0 Å². The van der Waals surface area contributed by atoms with Crippen molar-refractivity contribution >= 4 is 10.9 Å². The van der Waals surface area contributed by atoms with Crippen molar-refractivity contribution < 1.29 is 4.74 Å². The van der Waals surface area contributed by atoms with Crippen molar-refractivity contribution in [3.8, 4) is 0 Å². The number of rotatable bonds is 6. The smallest absolute Gasteiger partial charge is 0.253 e. The molecule has 154 valence electrons. The van der Waals surface area contributed by atoms with Crippen LogP contribution in [-0.4, -0.2) is 56.9 Å². The number of hydrogen-bond acceptors (Lipinski definition) is 6. The minimum absolute atomic E-state index is 0.0914. The van der Waals surface area contributed by atoms with Crippen molar-refractivity contribution in [2.45, 2.75) is 39.3 Å². The van der Waals surface area contributed by atoms with Crippen molar-refractivity contribution in [2.75, 3.05) is 26.8 Å². The molecule has 0 unspecified atom stereocenters. The number of aromatic nitrogens is 5. The second-order valence-corrected chi connectivity index (χ2v) is 8.02. The van der Waals surface area contributed by atoms with Gasteiger partial charge in [0.1, 0.15) is 6.04 Å². The van der Waals surface area contributed by atoms with Crippen molar-refractivity contribution in [1.29, 1.82) is 0 Å². The monoisotopic (exact) mass is 396 g/mol. The van der Waals surface area contributed by atoms with Crippen molar-refractivity contribution in [3.05, 3.63) is 51.6 Å². The zero-order valence-corrected chi connectivity index (χ0v) is 17.3. The van der Waals surface area contributed by atoms with Gasteiger partial charge in [0.25, 0.3) is 5.56 Å². The van der Waals surface area contributed by atoms with Crippen LogP contribution >= 0.6 is 0 Å². The number of aromatic amines is 1. The molecule has 8 nitrogen and oxygen atoms in total. The van der Waals surface area contributed by atoms with Crippen LogP contribution in [0, 0.1) is 12.8 Å². The Balaban J connectivity index is 1.82. The molecule has 3 heterocycles.